The number of fused-ring (bicyclic) bond motifs is 1. The Hall–Kier alpha value is -4.08. The van der Waals surface area contributed by atoms with E-state index in [0.29, 0.717) is 43.4 Å². The molecule has 0 unspecified atom stereocenters. The van der Waals surface area contributed by atoms with Crippen LogP contribution >= 0.6 is 0 Å². The van der Waals surface area contributed by atoms with E-state index in [4.69, 9.17) is 4.74 Å². The van der Waals surface area contributed by atoms with Gasteiger partial charge in [-0.15, -0.1) is 0 Å². The number of nitrogens with zero attached hydrogens (tertiary/aromatic N) is 4. The summed E-state index contributed by atoms with van der Waals surface area (Å²) in [4.78, 5) is 22.0. The predicted molar refractivity (Wildman–Crippen MR) is 138 cm³/mol. The molecule has 0 fully saturated rings. The van der Waals surface area contributed by atoms with Gasteiger partial charge in [-0.3, -0.25) is 4.79 Å². The van der Waals surface area contributed by atoms with E-state index in [1.54, 1.807) is 12.4 Å². The Labute approximate surface area is 218 Å². The zero-order chi connectivity index (χ0) is 27.3. The third-order valence-electron chi connectivity index (χ3n) is 6.26. The van der Waals surface area contributed by atoms with Crippen LogP contribution < -0.4 is 9.64 Å². The largest absolute Gasteiger partial charge is 0.494 e. The first-order chi connectivity index (χ1) is 18.1. The third kappa shape index (κ3) is 6.62. The van der Waals surface area contributed by atoms with Crippen molar-refractivity contribution in [3.63, 3.8) is 0 Å². The molecule has 0 bridgehead atoms. The number of carboxylic acid groups (broad SMARTS) is 1. The molecule has 4 aromatic rings. The summed E-state index contributed by atoms with van der Waals surface area (Å²) in [6.07, 6.45) is 2.26. The van der Waals surface area contributed by atoms with Crippen molar-refractivity contribution in [2.45, 2.75) is 38.9 Å². The first-order valence-corrected chi connectivity index (χ1v) is 12.3. The van der Waals surface area contributed by atoms with Gasteiger partial charge in [-0.2, -0.15) is 13.2 Å². The summed E-state index contributed by atoms with van der Waals surface area (Å²) in [6, 6.07) is 10.7. The molecule has 0 saturated heterocycles. The minimum absolute atomic E-state index is 0.0729. The lowest BCUT2D eigenvalue weighted by atomic mass is 10.1. The number of benzene rings is 2. The van der Waals surface area contributed by atoms with Crippen LogP contribution in [0.4, 0.5) is 19.1 Å². The van der Waals surface area contributed by atoms with Gasteiger partial charge in [0, 0.05) is 49.6 Å². The number of hydrogen-bond donors (Lipinski definition) is 1. The van der Waals surface area contributed by atoms with Crippen molar-refractivity contribution in [1.82, 2.24) is 14.5 Å². The molecule has 200 valence electrons. The minimum atomic E-state index is -4.38. The van der Waals surface area contributed by atoms with Crippen molar-refractivity contribution in [1.29, 1.82) is 0 Å². The van der Waals surface area contributed by atoms with E-state index in [1.807, 2.05) is 47.8 Å². The summed E-state index contributed by atoms with van der Waals surface area (Å²) >= 11 is 0. The molecule has 0 saturated carbocycles. The average Bonchev–Trinajstić information content (AvgIpc) is 3.19. The van der Waals surface area contributed by atoms with Crippen LogP contribution in [0.25, 0.3) is 10.9 Å². The lowest BCUT2D eigenvalue weighted by molar-refractivity contribution is -0.138. The molecule has 38 heavy (non-hydrogen) atoms. The number of aryl methyl sites for hydroxylation is 2. The van der Waals surface area contributed by atoms with Crippen LogP contribution in [-0.2, 0) is 37.4 Å². The number of halogens is 3. The molecule has 0 radical (unpaired) electrons. The molecule has 0 aliphatic carbocycles. The molecule has 2 heterocycles. The molecule has 4 rings (SSSR count). The van der Waals surface area contributed by atoms with Crippen molar-refractivity contribution >= 4 is 22.8 Å². The first-order valence-electron chi connectivity index (χ1n) is 12.3. The zero-order valence-corrected chi connectivity index (χ0v) is 21.2. The number of hydrogen-bond acceptors (Lipinski definition) is 5. The van der Waals surface area contributed by atoms with Gasteiger partial charge in [0.2, 0.25) is 5.95 Å². The second-order valence-corrected chi connectivity index (χ2v) is 9.08. The van der Waals surface area contributed by atoms with Crippen LogP contribution in [0.1, 0.15) is 35.6 Å². The maximum atomic E-state index is 13.0. The molecule has 2 aromatic heterocycles. The van der Waals surface area contributed by atoms with Gasteiger partial charge >= 0.3 is 12.1 Å². The fraction of sp³-hybridized carbons (Fsp3) is 0.321. The second-order valence-electron chi connectivity index (χ2n) is 9.08. The Balaban J connectivity index is 1.43. The van der Waals surface area contributed by atoms with E-state index in [-0.39, 0.29) is 6.42 Å². The molecule has 0 atom stereocenters. The molecule has 7 nitrogen and oxygen atoms in total. The van der Waals surface area contributed by atoms with E-state index in [1.165, 1.54) is 12.1 Å². The fourth-order valence-corrected chi connectivity index (χ4v) is 4.25. The van der Waals surface area contributed by atoms with Crippen molar-refractivity contribution in [2.75, 3.05) is 18.1 Å². The van der Waals surface area contributed by atoms with E-state index >= 15 is 0 Å². The topological polar surface area (TPSA) is 80.5 Å². The van der Waals surface area contributed by atoms with Gasteiger partial charge in [-0.05, 0) is 59.9 Å². The monoisotopic (exact) mass is 526 g/mol. The van der Waals surface area contributed by atoms with Crippen LogP contribution in [0.3, 0.4) is 0 Å². The van der Waals surface area contributed by atoms with Gasteiger partial charge in [0.25, 0.3) is 0 Å². The van der Waals surface area contributed by atoms with Crippen molar-refractivity contribution in [2.24, 2.45) is 7.05 Å². The normalized spacial score (nSPS) is 11.6. The van der Waals surface area contributed by atoms with E-state index < -0.39 is 17.7 Å². The number of aliphatic carboxylic acids is 1. The lowest BCUT2D eigenvalue weighted by Crippen LogP contribution is -2.27. The van der Waals surface area contributed by atoms with Gasteiger partial charge in [-0.25, -0.2) is 9.97 Å². The third-order valence-corrected chi connectivity index (χ3v) is 6.26. The predicted octanol–water partition coefficient (Wildman–Crippen LogP) is 5.65. The van der Waals surface area contributed by atoms with Crippen molar-refractivity contribution in [3.8, 4) is 5.75 Å². The summed E-state index contributed by atoms with van der Waals surface area (Å²) in [6.45, 7) is 3.25. The Bertz CT molecular complexity index is 1380. The molecular formula is C28H29F3N4O3. The number of carbonyl (C=O) groups is 1. The second kappa shape index (κ2) is 11.5. The maximum absolute atomic E-state index is 13.0. The van der Waals surface area contributed by atoms with E-state index in [2.05, 4.69) is 9.97 Å². The summed E-state index contributed by atoms with van der Waals surface area (Å²) < 4.78 is 46.7. The van der Waals surface area contributed by atoms with Gasteiger partial charge in [-0.1, -0.05) is 19.1 Å². The summed E-state index contributed by atoms with van der Waals surface area (Å²) in [7, 11) is 1.87. The lowest BCUT2D eigenvalue weighted by Gasteiger charge is -2.23. The molecule has 1 N–H and O–H groups in total. The molecule has 0 spiro atoms. The Morgan fingerprint density at radius 1 is 1.08 bits per heavy atom. The Morgan fingerprint density at radius 3 is 2.42 bits per heavy atom. The number of anilines is 1. The highest BCUT2D eigenvalue weighted by Gasteiger charge is 2.30. The molecule has 10 heteroatoms. The minimum Gasteiger partial charge on any atom is -0.494 e. The average molecular weight is 527 g/mol. The van der Waals surface area contributed by atoms with Gasteiger partial charge < -0.3 is 19.3 Å². The SMILES string of the molecule is CCc1cnc(N(CCCOc2ccc3c(c2)c(CC(=O)O)cn3C)Cc2ccc(C(F)(F)F)cc2)nc1. The van der Waals surface area contributed by atoms with E-state index in [9.17, 15) is 23.1 Å². The van der Waals surface area contributed by atoms with Gasteiger partial charge in [0.05, 0.1) is 18.6 Å². The quantitative estimate of drug-likeness (QED) is 0.254. The summed E-state index contributed by atoms with van der Waals surface area (Å²) in [5, 5.41) is 10.0. The number of rotatable bonds is 11. The van der Waals surface area contributed by atoms with Crippen LogP contribution in [0.2, 0.25) is 0 Å². The van der Waals surface area contributed by atoms with Crippen LogP contribution in [-0.4, -0.2) is 38.8 Å². The van der Waals surface area contributed by atoms with Crippen LogP contribution in [0.15, 0.2) is 61.1 Å². The van der Waals surface area contributed by atoms with Gasteiger partial charge in [0.1, 0.15) is 5.75 Å². The highest BCUT2D eigenvalue weighted by atomic mass is 19.4. The molecule has 0 amide bonds. The standard InChI is InChI=1S/C28H29F3N4O3/c1-3-19-15-32-27(33-16-19)35(17-20-5-7-22(8-6-20)28(29,30)31)11-4-12-38-23-9-10-25-24(14-23)21(13-26(36)37)18-34(25)2/h5-10,14-16,18H,3-4,11-13,17H2,1-2H3,(H,36,37). The Morgan fingerprint density at radius 2 is 1.79 bits per heavy atom. The van der Waals surface area contributed by atoms with Crippen LogP contribution in [0, 0.1) is 0 Å². The highest BCUT2D eigenvalue weighted by Crippen LogP contribution is 2.29. The van der Waals surface area contributed by atoms with E-state index in [0.717, 1.165) is 40.6 Å². The molecule has 0 aliphatic rings. The summed E-state index contributed by atoms with van der Waals surface area (Å²) in [5.74, 6) is 0.227. The molecule has 2 aromatic carbocycles. The summed E-state index contributed by atoms with van der Waals surface area (Å²) in [5.41, 5.74) is 2.65. The van der Waals surface area contributed by atoms with Crippen molar-refractivity contribution in [3.05, 3.63) is 83.3 Å². The number of carboxylic acids is 1. The number of aromatic nitrogens is 3. The smallest absolute Gasteiger partial charge is 0.416 e. The zero-order valence-electron chi connectivity index (χ0n) is 21.2. The number of alkyl halides is 3. The fourth-order valence-electron chi connectivity index (χ4n) is 4.25. The Kier molecular flexibility index (Phi) is 8.19. The molecular weight excluding hydrogens is 497 g/mol. The van der Waals surface area contributed by atoms with Gasteiger partial charge in [0.15, 0.2) is 0 Å². The first kappa shape index (κ1) is 27.0. The number of ether oxygens (including phenoxy) is 1. The highest BCUT2D eigenvalue weighted by molar-refractivity contribution is 5.88. The maximum Gasteiger partial charge on any atom is 0.416 e. The van der Waals surface area contributed by atoms with Crippen LogP contribution in [0.5, 0.6) is 5.75 Å². The van der Waals surface area contributed by atoms with Crippen molar-refractivity contribution < 1.29 is 27.8 Å². The molecule has 0 aliphatic heterocycles.